The van der Waals surface area contributed by atoms with Gasteiger partial charge in [-0.2, -0.15) is 5.26 Å². The second-order valence-corrected chi connectivity index (χ2v) is 7.77. The number of aryl methyl sites for hydroxylation is 1. The minimum Gasteiger partial charge on any atom is -0.466 e. The van der Waals surface area contributed by atoms with Gasteiger partial charge in [-0.05, 0) is 80.3 Å². The lowest BCUT2D eigenvalue weighted by Crippen LogP contribution is -2.28. The van der Waals surface area contributed by atoms with Crippen LogP contribution in [0, 0.1) is 11.3 Å². The third-order valence-corrected chi connectivity index (χ3v) is 5.71. The maximum atomic E-state index is 11.5. The van der Waals surface area contributed by atoms with Crippen molar-refractivity contribution in [2.45, 2.75) is 57.4 Å². The van der Waals surface area contributed by atoms with E-state index >= 15 is 0 Å². The molecule has 0 aromatic heterocycles. The molecule has 0 spiro atoms. The van der Waals surface area contributed by atoms with Gasteiger partial charge >= 0.3 is 5.97 Å². The molecule has 0 aliphatic heterocycles. The van der Waals surface area contributed by atoms with Crippen molar-refractivity contribution < 1.29 is 9.53 Å². The van der Waals surface area contributed by atoms with E-state index in [1.54, 1.807) is 0 Å². The smallest absolute Gasteiger partial charge is 0.306 e. The van der Waals surface area contributed by atoms with E-state index in [2.05, 4.69) is 41.7 Å². The number of hydrogen-bond acceptors (Lipinski definition) is 4. The molecule has 152 valence electrons. The Bertz CT molecular complexity index is 839. The van der Waals surface area contributed by atoms with Crippen LogP contribution in [-0.4, -0.2) is 25.2 Å². The van der Waals surface area contributed by atoms with Crippen molar-refractivity contribution in [2.24, 2.45) is 0 Å². The standard InChI is InChI=1S/C25H30N2O2/c1-2-29-25(28)13-8-19-6-9-22(10-7-19)23-11-12-24(17-23)27-15-14-20-4-3-5-21(16-20)18-26/h3-7,9-10,16,23-24,27H,2,8,11-15,17H2,1H3. The summed E-state index contributed by atoms with van der Waals surface area (Å²) in [7, 11) is 0. The molecule has 1 aliphatic carbocycles. The summed E-state index contributed by atoms with van der Waals surface area (Å²) in [6, 6.07) is 19.4. The highest BCUT2D eigenvalue weighted by atomic mass is 16.5. The first-order chi connectivity index (χ1) is 14.2. The largest absolute Gasteiger partial charge is 0.466 e. The van der Waals surface area contributed by atoms with E-state index in [0.29, 0.717) is 25.0 Å². The highest BCUT2D eigenvalue weighted by Crippen LogP contribution is 2.34. The summed E-state index contributed by atoms with van der Waals surface area (Å²) in [5, 5.41) is 12.7. The Morgan fingerprint density at radius 3 is 2.72 bits per heavy atom. The lowest BCUT2D eigenvalue weighted by atomic mass is 9.95. The van der Waals surface area contributed by atoms with Crippen molar-refractivity contribution >= 4 is 5.97 Å². The number of nitrogens with one attached hydrogen (secondary N) is 1. The summed E-state index contributed by atoms with van der Waals surface area (Å²) >= 11 is 0. The molecule has 2 aromatic carbocycles. The van der Waals surface area contributed by atoms with Crippen molar-refractivity contribution in [1.29, 1.82) is 5.26 Å². The molecule has 4 nitrogen and oxygen atoms in total. The number of nitrogens with zero attached hydrogens (tertiary/aromatic N) is 1. The Kier molecular flexibility index (Phi) is 7.84. The van der Waals surface area contributed by atoms with Crippen LogP contribution in [0.15, 0.2) is 48.5 Å². The molecular formula is C25H30N2O2. The topological polar surface area (TPSA) is 62.1 Å². The van der Waals surface area contributed by atoms with Crippen LogP contribution in [0.5, 0.6) is 0 Å². The molecular weight excluding hydrogens is 360 g/mol. The fourth-order valence-electron chi connectivity index (χ4n) is 4.12. The third-order valence-electron chi connectivity index (χ3n) is 5.71. The molecule has 0 radical (unpaired) electrons. The second-order valence-electron chi connectivity index (χ2n) is 7.77. The molecule has 4 heteroatoms. The van der Waals surface area contributed by atoms with Crippen LogP contribution in [0.2, 0.25) is 0 Å². The van der Waals surface area contributed by atoms with E-state index in [9.17, 15) is 4.79 Å². The molecule has 29 heavy (non-hydrogen) atoms. The van der Waals surface area contributed by atoms with E-state index in [1.807, 2.05) is 25.1 Å². The lowest BCUT2D eigenvalue weighted by Gasteiger charge is -2.14. The number of benzene rings is 2. The van der Waals surface area contributed by atoms with Gasteiger partial charge in [0, 0.05) is 12.5 Å². The molecule has 0 amide bonds. The first kappa shape index (κ1) is 21.1. The maximum absolute atomic E-state index is 11.5. The number of rotatable bonds is 9. The fourth-order valence-corrected chi connectivity index (χ4v) is 4.12. The lowest BCUT2D eigenvalue weighted by molar-refractivity contribution is -0.143. The Morgan fingerprint density at radius 2 is 1.97 bits per heavy atom. The molecule has 3 rings (SSSR count). The summed E-state index contributed by atoms with van der Waals surface area (Å²) in [5.74, 6) is 0.481. The zero-order chi connectivity index (χ0) is 20.5. The van der Waals surface area contributed by atoms with E-state index in [-0.39, 0.29) is 5.97 Å². The highest BCUT2D eigenvalue weighted by Gasteiger charge is 2.25. The highest BCUT2D eigenvalue weighted by molar-refractivity contribution is 5.69. The molecule has 0 saturated heterocycles. The zero-order valence-corrected chi connectivity index (χ0v) is 17.2. The van der Waals surface area contributed by atoms with E-state index in [0.717, 1.165) is 24.9 Å². The van der Waals surface area contributed by atoms with Gasteiger partial charge in [0.25, 0.3) is 0 Å². The predicted octanol–water partition coefficient (Wildman–Crippen LogP) is 4.52. The van der Waals surface area contributed by atoms with Gasteiger partial charge in [0.05, 0.1) is 18.2 Å². The quantitative estimate of drug-likeness (QED) is 0.639. The third kappa shape index (κ3) is 6.44. The van der Waals surface area contributed by atoms with Crippen molar-refractivity contribution in [1.82, 2.24) is 5.32 Å². The van der Waals surface area contributed by atoms with Crippen molar-refractivity contribution in [3.05, 3.63) is 70.8 Å². The maximum Gasteiger partial charge on any atom is 0.306 e. The van der Waals surface area contributed by atoms with Crippen LogP contribution in [0.4, 0.5) is 0 Å². The molecule has 1 fully saturated rings. The Balaban J connectivity index is 1.42. The number of esters is 1. The van der Waals surface area contributed by atoms with Crippen LogP contribution in [-0.2, 0) is 22.4 Å². The Morgan fingerprint density at radius 1 is 1.14 bits per heavy atom. The molecule has 1 saturated carbocycles. The Labute approximate surface area is 173 Å². The molecule has 2 atom stereocenters. The molecule has 2 unspecified atom stereocenters. The van der Waals surface area contributed by atoms with Gasteiger partial charge in [0.15, 0.2) is 0 Å². The first-order valence-electron chi connectivity index (χ1n) is 10.6. The number of ether oxygens (including phenoxy) is 1. The fraction of sp³-hybridized carbons (Fsp3) is 0.440. The van der Waals surface area contributed by atoms with Gasteiger partial charge in [0.2, 0.25) is 0 Å². The predicted molar refractivity (Wildman–Crippen MR) is 115 cm³/mol. The average Bonchev–Trinajstić information content (AvgIpc) is 3.22. The van der Waals surface area contributed by atoms with Crippen LogP contribution < -0.4 is 5.32 Å². The van der Waals surface area contributed by atoms with E-state index < -0.39 is 0 Å². The van der Waals surface area contributed by atoms with E-state index in [4.69, 9.17) is 10.00 Å². The molecule has 2 aromatic rings. The summed E-state index contributed by atoms with van der Waals surface area (Å²) in [5.41, 5.74) is 4.53. The second kappa shape index (κ2) is 10.8. The molecule has 1 N–H and O–H groups in total. The summed E-state index contributed by atoms with van der Waals surface area (Å²) in [6.07, 6.45) is 5.71. The summed E-state index contributed by atoms with van der Waals surface area (Å²) < 4.78 is 4.99. The van der Waals surface area contributed by atoms with Crippen LogP contribution >= 0.6 is 0 Å². The first-order valence-corrected chi connectivity index (χ1v) is 10.6. The van der Waals surface area contributed by atoms with Crippen LogP contribution in [0.1, 0.15) is 60.8 Å². The zero-order valence-electron chi connectivity index (χ0n) is 17.2. The number of carbonyl (C=O) groups is 1. The van der Waals surface area contributed by atoms with Gasteiger partial charge < -0.3 is 10.1 Å². The minimum atomic E-state index is -0.124. The monoisotopic (exact) mass is 390 g/mol. The average molecular weight is 391 g/mol. The summed E-state index contributed by atoms with van der Waals surface area (Å²) in [4.78, 5) is 11.5. The van der Waals surface area contributed by atoms with Gasteiger partial charge in [-0.15, -0.1) is 0 Å². The van der Waals surface area contributed by atoms with Crippen molar-refractivity contribution in [2.75, 3.05) is 13.2 Å². The molecule has 0 bridgehead atoms. The van der Waals surface area contributed by atoms with Gasteiger partial charge in [-0.3, -0.25) is 4.79 Å². The SMILES string of the molecule is CCOC(=O)CCc1ccc(C2CCC(NCCc3cccc(C#N)c3)C2)cc1. The number of hydrogen-bond donors (Lipinski definition) is 1. The molecule has 0 heterocycles. The number of carbonyl (C=O) groups excluding carboxylic acids is 1. The number of nitriles is 1. The van der Waals surface area contributed by atoms with E-state index in [1.165, 1.54) is 36.0 Å². The Hall–Kier alpha value is -2.64. The molecule has 1 aliphatic rings. The van der Waals surface area contributed by atoms with Crippen molar-refractivity contribution in [3.8, 4) is 6.07 Å². The summed E-state index contributed by atoms with van der Waals surface area (Å²) in [6.45, 7) is 3.22. The minimum absolute atomic E-state index is 0.124. The van der Waals surface area contributed by atoms with Crippen LogP contribution in [0.25, 0.3) is 0 Å². The van der Waals surface area contributed by atoms with Crippen LogP contribution in [0.3, 0.4) is 0 Å². The van der Waals surface area contributed by atoms with Gasteiger partial charge in [-0.25, -0.2) is 0 Å². The van der Waals surface area contributed by atoms with Gasteiger partial charge in [0.1, 0.15) is 0 Å². The van der Waals surface area contributed by atoms with Crippen molar-refractivity contribution in [3.63, 3.8) is 0 Å². The normalized spacial score (nSPS) is 18.3. The van der Waals surface area contributed by atoms with Gasteiger partial charge in [-0.1, -0.05) is 36.4 Å².